The molecular formula is C17H20N2O6S. The number of rotatable bonds is 3. The van der Waals surface area contributed by atoms with Crippen LogP contribution in [0.15, 0.2) is 23.1 Å². The van der Waals surface area contributed by atoms with Gasteiger partial charge in [0.2, 0.25) is 15.9 Å². The van der Waals surface area contributed by atoms with Crippen LogP contribution in [0.25, 0.3) is 0 Å². The van der Waals surface area contributed by atoms with E-state index in [1.807, 2.05) is 0 Å². The van der Waals surface area contributed by atoms with E-state index in [0.717, 1.165) is 5.56 Å². The van der Waals surface area contributed by atoms with Crippen molar-refractivity contribution < 1.29 is 27.9 Å². The van der Waals surface area contributed by atoms with Crippen molar-refractivity contribution in [2.45, 2.75) is 24.2 Å². The number of aryl methyl sites for hydroxylation is 1. The van der Waals surface area contributed by atoms with Gasteiger partial charge in [-0.2, -0.15) is 4.31 Å². The number of carbonyl (C=O) groups excluding carboxylic acids is 1. The van der Waals surface area contributed by atoms with E-state index < -0.39 is 21.4 Å². The fraction of sp³-hybridized carbons (Fsp3) is 0.529. The molecule has 0 radical (unpaired) electrons. The number of nitrogens with zero attached hydrogens (tertiary/aromatic N) is 1. The number of hydrogen-bond donors (Lipinski definition) is 2. The number of benzene rings is 1. The molecule has 2 saturated heterocycles. The van der Waals surface area contributed by atoms with E-state index in [-0.39, 0.29) is 36.4 Å². The highest BCUT2D eigenvalue weighted by Crippen LogP contribution is 2.43. The number of nitrogens with one attached hydrogen (secondary N) is 1. The molecule has 2 fully saturated rings. The molecule has 3 aliphatic heterocycles. The van der Waals surface area contributed by atoms with Crippen molar-refractivity contribution >= 4 is 27.6 Å². The van der Waals surface area contributed by atoms with Gasteiger partial charge < -0.3 is 15.2 Å². The number of fused-ring (bicyclic) bond motifs is 2. The monoisotopic (exact) mass is 380 g/mol. The highest BCUT2D eigenvalue weighted by atomic mass is 32.2. The summed E-state index contributed by atoms with van der Waals surface area (Å²) in [6, 6.07) is 4.64. The van der Waals surface area contributed by atoms with Gasteiger partial charge in [-0.3, -0.25) is 9.59 Å². The number of ether oxygens (including phenoxy) is 1. The fourth-order valence-electron chi connectivity index (χ4n) is 4.10. The van der Waals surface area contributed by atoms with Gasteiger partial charge in [0.05, 0.1) is 11.5 Å². The van der Waals surface area contributed by atoms with Gasteiger partial charge in [0, 0.05) is 31.8 Å². The highest BCUT2D eigenvalue weighted by Gasteiger charge is 2.56. The molecule has 26 heavy (non-hydrogen) atoms. The molecule has 140 valence electrons. The summed E-state index contributed by atoms with van der Waals surface area (Å²) in [7, 11) is -3.81. The predicted octanol–water partition coefficient (Wildman–Crippen LogP) is 0.683. The molecule has 0 spiro atoms. The van der Waals surface area contributed by atoms with Crippen LogP contribution in [-0.2, 0) is 30.8 Å². The zero-order valence-corrected chi connectivity index (χ0v) is 14.9. The minimum atomic E-state index is -3.81. The normalized spacial score (nSPS) is 28.9. The molecular weight excluding hydrogens is 360 g/mol. The second-order valence-electron chi connectivity index (χ2n) is 7.16. The SMILES string of the molecule is O=C1CCc2cc(S(=O)(=O)N3C[C@@H]4CCOC[C@]4(C(=O)O)C3)ccc2N1. The Morgan fingerprint density at radius 1 is 1.35 bits per heavy atom. The van der Waals surface area contributed by atoms with Gasteiger partial charge in [0.1, 0.15) is 5.41 Å². The Bertz CT molecular complexity index is 883. The lowest BCUT2D eigenvalue weighted by Crippen LogP contribution is -2.46. The summed E-state index contributed by atoms with van der Waals surface area (Å²) in [5, 5.41) is 12.4. The summed E-state index contributed by atoms with van der Waals surface area (Å²) < 4.78 is 32.8. The Kier molecular flexibility index (Phi) is 4.05. The summed E-state index contributed by atoms with van der Waals surface area (Å²) >= 11 is 0. The highest BCUT2D eigenvalue weighted by molar-refractivity contribution is 7.89. The molecule has 0 saturated carbocycles. The molecule has 1 aromatic rings. The first-order chi connectivity index (χ1) is 12.3. The average molecular weight is 380 g/mol. The number of anilines is 1. The van der Waals surface area contributed by atoms with Crippen LogP contribution in [0.1, 0.15) is 18.4 Å². The first kappa shape index (κ1) is 17.4. The Labute approximate surface area is 151 Å². The maximum atomic E-state index is 13.1. The predicted molar refractivity (Wildman–Crippen MR) is 91.1 cm³/mol. The molecule has 1 amide bonds. The van der Waals surface area contributed by atoms with E-state index in [2.05, 4.69) is 5.32 Å². The van der Waals surface area contributed by atoms with Crippen LogP contribution in [0.2, 0.25) is 0 Å². The van der Waals surface area contributed by atoms with Crippen molar-refractivity contribution in [1.82, 2.24) is 4.31 Å². The van der Waals surface area contributed by atoms with Crippen molar-refractivity contribution in [2.75, 3.05) is 31.6 Å². The molecule has 9 heteroatoms. The fourth-order valence-corrected chi connectivity index (χ4v) is 5.70. The molecule has 0 unspecified atom stereocenters. The molecule has 3 aliphatic rings. The van der Waals surface area contributed by atoms with Gasteiger partial charge in [-0.25, -0.2) is 8.42 Å². The molecule has 2 N–H and O–H groups in total. The van der Waals surface area contributed by atoms with Crippen molar-refractivity contribution in [3.05, 3.63) is 23.8 Å². The number of carbonyl (C=O) groups is 2. The van der Waals surface area contributed by atoms with E-state index >= 15 is 0 Å². The Balaban J connectivity index is 1.65. The van der Waals surface area contributed by atoms with E-state index in [4.69, 9.17) is 4.74 Å². The van der Waals surface area contributed by atoms with Gasteiger partial charge in [0.15, 0.2) is 0 Å². The molecule has 1 aromatic carbocycles. The third-order valence-electron chi connectivity index (χ3n) is 5.67. The summed E-state index contributed by atoms with van der Waals surface area (Å²) in [5.41, 5.74) is 0.234. The van der Waals surface area contributed by atoms with Crippen molar-refractivity contribution in [3.63, 3.8) is 0 Å². The molecule has 4 rings (SSSR count). The number of aliphatic carboxylic acids is 1. The van der Waals surface area contributed by atoms with Gasteiger partial charge in [-0.1, -0.05) is 0 Å². The lowest BCUT2D eigenvalue weighted by Gasteiger charge is -2.34. The molecule has 2 atom stereocenters. The molecule has 8 nitrogen and oxygen atoms in total. The Morgan fingerprint density at radius 2 is 2.15 bits per heavy atom. The van der Waals surface area contributed by atoms with Crippen LogP contribution in [0.4, 0.5) is 5.69 Å². The second kappa shape index (κ2) is 6.04. The smallest absolute Gasteiger partial charge is 0.313 e. The number of amides is 1. The zero-order chi connectivity index (χ0) is 18.5. The largest absolute Gasteiger partial charge is 0.481 e. The Hall–Kier alpha value is -1.97. The molecule has 0 bridgehead atoms. The van der Waals surface area contributed by atoms with Crippen molar-refractivity contribution in [3.8, 4) is 0 Å². The number of carboxylic acid groups (broad SMARTS) is 1. The standard InChI is InChI=1S/C17H20N2O6S/c20-15-4-1-11-7-13(2-3-14(11)18-15)26(23,24)19-8-12-5-6-25-10-17(12,9-19)16(21)22/h2-3,7,12H,1,4-6,8-10H2,(H,18,20)(H,21,22)/t12-,17+/m0/s1. The van der Waals surface area contributed by atoms with Crippen molar-refractivity contribution in [1.29, 1.82) is 0 Å². The minimum Gasteiger partial charge on any atom is -0.481 e. The van der Waals surface area contributed by atoms with Crippen LogP contribution in [0, 0.1) is 11.3 Å². The quantitative estimate of drug-likeness (QED) is 0.797. The number of sulfonamides is 1. The molecule has 0 aliphatic carbocycles. The number of hydrogen-bond acceptors (Lipinski definition) is 5. The summed E-state index contributed by atoms with van der Waals surface area (Å²) in [6.07, 6.45) is 1.34. The lowest BCUT2D eigenvalue weighted by molar-refractivity contribution is -0.159. The maximum absolute atomic E-state index is 13.1. The first-order valence-corrected chi connectivity index (χ1v) is 10.0. The van der Waals surface area contributed by atoms with E-state index in [0.29, 0.717) is 31.6 Å². The van der Waals surface area contributed by atoms with E-state index in [1.165, 1.54) is 10.4 Å². The van der Waals surface area contributed by atoms with Crippen LogP contribution in [0.3, 0.4) is 0 Å². The summed E-state index contributed by atoms with van der Waals surface area (Å²) in [4.78, 5) is 23.4. The van der Waals surface area contributed by atoms with Crippen LogP contribution < -0.4 is 5.32 Å². The Morgan fingerprint density at radius 3 is 2.88 bits per heavy atom. The van der Waals surface area contributed by atoms with Crippen LogP contribution in [-0.4, -0.2) is 56.0 Å². The third-order valence-corrected chi connectivity index (χ3v) is 7.48. The van der Waals surface area contributed by atoms with Gasteiger partial charge in [-0.15, -0.1) is 0 Å². The van der Waals surface area contributed by atoms with Crippen LogP contribution in [0.5, 0.6) is 0 Å². The first-order valence-electron chi connectivity index (χ1n) is 8.57. The van der Waals surface area contributed by atoms with Gasteiger partial charge in [0.25, 0.3) is 0 Å². The maximum Gasteiger partial charge on any atom is 0.313 e. The second-order valence-corrected chi connectivity index (χ2v) is 9.10. The molecule has 0 aromatic heterocycles. The number of carboxylic acids is 1. The topological polar surface area (TPSA) is 113 Å². The lowest BCUT2D eigenvalue weighted by atomic mass is 9.76. The van der Waals surface area contributed by atoms with Crippen molar-refractivity contribution in [2.24, 2.45) is 11.3 Å². The van der Waals surface area contributed by atoms with Gasteiger partial charge in [-0.05, 0) is 42.5 Å². The van der Waals surface area contributed by atoms with E-state index in [9.17, 15) is 23.1 Å². The summed E-state index contributed by atoms with van der Waals surface area (Å²) in [6.45, 7) is 0.594. The third kappa shape index (κ3) is 2.62. The van der Waals surface area contributed by atoms with Crippen LogP contribution >= 0.6 is 0 Å². The van der Waals surface area contributed by atoms with E-state index in [1.54, 1.807) is 12.1 Å². The average Bonchev–Trinajstić information content (AvgIpc) is 3.03. The zero-order valence-electron chi connectivity index (χ0n) is 14.1. The van der Waals surface area contributed by atoms with Gasteiger partial charge >= 0.3 is 5.97 Å². The molecule has 3 heterocycles. The summed E-state index contributed by atoms with van der Waals surface area (Å²) in [5.74, 6) is -1.34. The minimum absolute atomic E-state index is 0.0369.